The lowest BCUT2D eigenvalue weighted by Crippen LogP contribution is -2.36. The normalized spacial score (nSPS) is 16.3. The molecule has 7 heteroatoms. The van der Waals surface area contributed by atoms with Gasteiger partial charge in [0.05, 0.1) is 12.0 Å². The van der Waals surface area contributed by atoms with Crippen LogP contribution in [-0.4, -0.2) is 41.2 Å². The first-order valence-electron chi connectivity index (χ1n) is 6.65. The van der Waals surface area contributed by atoms with Crippen molar-refractivity contribution in [1.82, 2.24) is 10.2 Å². The SMILES string of the molecule is COc1cccc(/C=C2/SC(=S)N(CCNC(C)=O)C2=O)c1. The number of thiocarbonyl (C=S) groups is 1. The standard InChI is InChI=1S/C15H16N2O3S2/c1-10(18)16-6-7-17-14(19)13(22-15(17)21)9-11-4-3-5-12(8-11)20-2/h3-5,8-9H,6-7H2,1-2H3,(H,16,18)/b13-9+. The maximum Gasteiger partial charge on any atom is 0.266 e. The van der Waals surface area contributed by atoms with E-state index in [1.165, 1.54) is 23.6 Å². The van der Waals surface area contributed by atoms with Gasteiger partial charge in [-0.1, -0.05) is 36.1 Å². The van der Waals surface area contributed by atoms with Crippen molar-refractivity contribution in [3.05, 3.63) is 34.7 Å². The summed E-state index contributed by atoms with van der Waals surface area (Å²) in [5.74, 6) is 0.468. The third-order valence-corrected chi connectivity index (χ3v) is 4.35. The minimum atomic E-state index is -0.136. The molecule has 0 atom stereocenters. The molecule has 0 aliphatic carbocycles. The third-order valence-electron chi connectivity index (χ3n) is 2.97. The molecule has 2 amide bonds. The van der Waals surface area contributed by atoms with E-state index in [2.05, 4.69) is 5.32 Å². The number of amides is 2. The van der Waals surface area contributed by atoms with Crippen LogP contribution in [0.1, 0.15) is 12.5 Å². The van der Waals surface area contributed by atoms with Gasteiger partial charge in [0, 0.05) is 20.0 Å². The Labute approximate surface area is 138 Å². The van der Waals surface area contributed by atoms with Gasteiger partial charge in [-0.2, -0.15) is 0 Å². The van der Waals surface area contributed by atoms with Crippen molar-refractivity contribution in [1.29, 1.82) is 0 Å². The summed E-state index contributed by atoms with van der Waals surface area (Å²) < 4.78 is 5.67. The van der Waals surface area contributed by atoms with E-state index in [0.717, 1.165) is 11.3 Å². The van der Waals surface area contributed by atoms with Gasteiger partial charge in [0.1, 0.15) is 10.1 Å². The number of rotatable bonds is 5. The minimum absolute atomic E-state index is 0.127. The molecule has 1 aromatic carbocycles. The van der Waals surface area contributed by atoms with Crippen molar-refractivity contribution < 1.29 is 14.3 Å². The number of carbonyl (C=O) groups is 2. The first kappa shape index (κ1) is 16.5. The lowest BCUT2D eigenvalue weighted by atomic mass is 10.2. The molecular weight excluding hydrogens is 320 g/mol. The molecule has 0 radical (unpaired) electrons. The lowest BCUT2D eigenvalue weighted by Gasteiger charge is -2.14. The maximum absolute atomic E-state index is 12.4. The Morgan fingerprint density at radius 3 is 2.95 bits per heavy atom. The van der Waals surface area contributed by atoms with Crippen molar-refractivity contribution in [2.75, 3.05) is 20.2 Å². The number of thioether (sulfide) groups is 1. The molecule has 1 aliphatic heterocycles. The van der Waals surface area contributed by atoms with Crippen LogP contribution in [-0.2, 0) is 9.59 Å². The Hall–Kier alpha value is -1.86. The second kappa shape index (κ2) is 7.42. The summed E-state index contributed by atoms with van der Waals surface area (Å²) in [5, 5.41) is 2.66. The molecule has 116 valence electrons. The smallest absolute Gasteiger partial charge is 0.266 e. The van der Waals surface area contributed by atoms with Crippen LogP contribution in [0.2, 0.25) is 0 Å². The predicted octanol–water partition coefficient (Wildman–Crippen LogP) is 2.03. The fraction of sp³-hybridized carbons (Fsp3) is 0.267. The van der Waals surface area contributed by atoms with Crippen LogP contribution in [0.5, 0.6) is 5.75 Å². The third kappa shape index (κ3) is 4.08. The van der Waals surface area contributed by atoms with Gasteiger partial charge < -0.3 is 10.1 Å². The van der Waals surface area contributed by atoms with Crippen LogP contribution in [0.25, 0.3) is 6.08 Å². The summed E-state index contributed by atoms with van der Waals surface area (Å²) in [7, 11) is 1.60. The Bertz CT molecular complexity index is 643. The average Bonchev–Trinajstić information content (AvgIpc) is 2.74. The first-order chi connectivity index (χ1) is 10.5. The fourth-order valence-electron chi connectivity index (χ4n) is 1.92. The van der Waals surface area contributed by atoms with E-state index in [0.29, 0.717) is 22.3 Å². The highest BCUT2D eigenvalue weighted by Gasteiger charge is 2.31. The molecule has 1 aromatic rings. The molecule has 0 saturated carbocycles. The van der Waals surface area contributed by atoms with Gasteiger partial charge in [-0.05, 0) is 23.8 Å². The number of nitrogens with one attached hydrogen (secondary N) is 1. The second-order valence-electron chi connectivity index (χ2n) is 4.59. The van der Waals surface area contributed by atoms with Gasteiger partial charge in [-0.15, -0.1) is 0 Å². The van der Waals surface area contributed by atoms with Gasteiger partial charge in [0.25, 0.3) is 5.91 Å². The van der Waals surface area contributed by atoms with Crippen LogP contribution in [0.15, 0.2) is 29.2 Å². The molecule has 0 spiro atoms. The molecule has 0 aromatic heterocycles. The minimum Gasteiger partial charge on any atom is -0.497 e. The largest absolute Gasteiger partial charge is 0.497 e. The van der Waals surface area contributed by atoms with E-state index < -0.39 is 0 Å². The topological polar surface area (TPSA) is 58.6 Å². The molecule has 1 N–H and O–H groups in total. The molecule has 22 heavy (non-hydrogen) atoms. The van der Waals surface area contributed by atoms with Gasteiger partial charge >= 0.3 is 0 Å². The quantitative estimate of drug-likeness (QED) is 0.659. The van der Waals surface area contributed by atoms with Gasteiger partial charge in [-0.3, -0.25) is 14.5 Å². The number of methoxy groups -OCH3 is 1. The maximum atomic E-state index is 12.4. The summed E-state index contributed by atoms with van der Waals surface area (Å²) >= 11 is 6.49. The molecule has 1 fully saturated rings. The average molecular weight is 336 g/mol. The van der Waals surface area contributed by atoms with Crippen LogP contribution in [0, 0.1) is 0 Å². The highest BCUT2D eigenvalue weighted by atomic mass is 32.2. The molecule has 5 nitrogen and oxygen atoms in total. The van der Waals surface area contributed by atoms with E-state index in [9.17, 15) is 9.59 Å². The Kier molecular flexibility index (Phi) is 5.57. The van der Waals surface area contributed by atoms with Crippen LogP contribution < -0.4 is 10.1 Å². The number of nitrogens with zero attached hydrogens (tertiary/aromatic N) is 1. The van der Waals surface area contributed by atoms with Crippen LogP contribution >= 0.6 is 24.0 Å². The molecule has 0 bridgehead atoms. The molecule has 2 rings (SSSR count). The number of carbonyl (C=O) groups excluding carboxylic acids is 2. The number of hydrogen-bond donors (Lipinski definition) is 1. The van der Waals surface area contributed by atoms with E-state index >= 15 is 0 Å². The monoisotopic (exact) mass is 336 g/mol. The fourth-order valence-corrected chi connectivity index (χ4v) is 3.23. The predicted molar refractivity (Wildman–Crippen MR) is 91.6 cm³/mol. The molecule has 1 heterocycles. The Morgan fingerprint density at radius 2 is 2.27 bits per heavy atom. The zero-order chi connectivity index (χ0) is 16.1. The van der Waals surface area contributed by atoms with Crippen molar-refractivity contribution in [2.24, 2.45) is 0 Å². The summed E-state index contributed by atoms with van der Waals surface area (Å²) in [6, 6.07) is 7.45. The van der Waals surface area contributed by atoms with Gasteiger partial charge in [0.15, 0.2) is 0 Å². The van der Waals surface area contributed by atoms with Crippen molar-refractivity contribution in [2.45, 2.75) is 6.92 Å². The van der Waals surface area contributed by atoms with Crippen molar-refractivity contribution in [3.8, 4) is 5.75 Å². The molecule has 1 aliphatic rings. The second-order valence-corrected chi connectivity index (χ2v) is 6.27. The van der Waals surface area contributed by atoms with Crippen molar-refractivity contribution in [3.63, 3.8) is 0 Å². The van der Waals surface area contributed by atoms with Crippen molar-refractivity contribution >= 4 is 46.2 Å². The highest BCUT2D eigenvalue weighted by Crippen LogP contribution is 2.32. The van der Waals surface area contributed by atoms with E-state index in [1.807, 2.05) is 24.3 Å². The summed E-state index contributed by atoms with van der Waals surface area (Å²) in [4.78, 5) is 25.3. The molecule has 0 unspecified atom stereocenters. The number of ether oxygens (including phenoxy) is 1. The highest BCUT2D eigenvalue weighted by molar-refractivity contribution is 8.26. The van der Waals surface area contributed by atoms with Crippen LogP contribution in [0.4, 0.5) is 0 Å². The summed E-state index contributed by atoms with van der Waals surface area (Å²) in [5.41, 5.74) is 0.877. The van der Waals surface area contributed by atoms with Gasteiger partial charge in [0.2, 0.25) is 5.91 Å². The number of benzene rings is 1. The summed E-state index contributed by atoms with van der Waals surface area (Å²) in [6.45, 7) is 2.20. The van der Waals surface area contributed by atoms with E-state index in [1.54, 1.807) is 13.2 Å². The van der Waals surface area contributed by atoms with E-state index in [-0.39, 0.29) is 11.8 Å². The summed E-state index contributed by atoms with van der Waals surface area (Å²) in [6.07, 6.45) is 1.79. The Balaban J connectivity index is 2.09. The number of hydrogen-bond acceptors (Lipinski definition) is 5. The van der Waals surface area contributed by atoms with Crippen LogP contribution in [0.3, 0.4) is 0 Å². The zero-order valence-electron chi connectivity index (χ0n) is 12.3. The lowest BCUT2D eigenvalue weighted by molar-refractivity contribution is -0.123. The first-order valence-corrected chi connectivity index (χ1v) is 7.87. The zero-order valence-corrected chi connectivity index (χ0v) is 13.9. The van der Waals surface area contributed by atoms with Gasteiger partial charge in [-0.25, -0.2) is 0 Å². The molecule has 1 saturated heterocycles. The molecular formula is C15H16N2O3S2. The Morgan fingerprint density at radius 1 is 1.50 bits per heavy atom. The van der Waals surface area contributed by atoms with E-state index in [4.69, 9.17) is 17.0 Å².